The summed E-state index contributed by atoms with van der Waals surface area (Å²) >= 11 is 0. The molecule has 68 valence electrons. The van der Waals surface area contributed by atoms with Crippen molar-refractivity contribution in [2.24, 2.45) is 0 Å². The van der Waals surface area contributed by atoms with Crippen molar-refractivity contribution in [2.45, 2.75) is 13.5 Å². The van der Waals surface area contributed by atoms with Crippen LogP contribution < -0.4 is 5.73 Å². The molecular formula is C8H9N3O2. The third kappa shape index (κ3) is 1.34. The second-order valence-corrected chi connectivity index (χ2v) is 2.51. The summed E-state index contributed by atoms with van der Waals surface area (Å²) in [4.78, 5) is 10.7. The fraction of sp³-hybridized carbons (Fsp3) is 0.250. The van der Waals surface area contributed by atoms with Crippen molar-refractivity contribution in [3.8, 4) is 6.07 Å². The van der Waals surface area contributed by atoms with Gasteiger partial charge in [0, 0.05) is 12.7 Å². The molecule has 0 aliphatic carbocycles. The van der Waals surface area contributed by atoms with Crippen LogP contribution in [0.1, 0.15) is 23.0 Å². The molecule has 0 radical (unpaired) electrons. The third-order valence-electron chi connectivity index (χ3n) is 1.78. The highest BCUT2D eigenvalue weighted by atomic mass is 16.4. The molecule has 5 nitrogen and oxygen atoms in total. The smallest absolute Gasteiger partial charge is 0.354 e. The van der Waals surface area contributed by atoms with E-state index in [0.717, 1.165) is 0 Å². The zero-order valence-corrected chi connectivity index (χ0v) is 7.11. The van der Waals surface area contributed by atoms with Gasteiger partial charge >= 0.3 is 5.97 Å². The van der Waals surface area contributed by atoms with E-state index in [1.165, 1.54) is 10.8 Å². The minimum Gasteiger partial charge on any atom is -0.477 e. The van der Waals surface area contributed by atoms with Crippen LogP contribution in [0, 0.1) is 11.3 Å². The second-order valence-electron chi connectivity index (χ2n) is 2.51. The number of aromatic carboxylic acids is 1. The predicted octanol–water partition coefficient (Wildman–Crippen LogP) is 0.660. The molecule has 0 spiro atoms. The summed E-state index contributed by atoms with van der Waals surface area (Å²) < 4.78 is 1.44. The number of carbonyl (C=O) groups is 1. The summed E-state index contributed by atoms with van der Waals surface area (Å²) in [6, 6.07) is 1.84. The SMILES string of the molecule is CCn1cc(C#N)c(N)c1C(=O)O. The summed E-state index contributed by atoms with van der Waals surface area (Å²) in [6.07, 6.45) is 1.44. The van der Waals surface area contributed by atoms with Crippen LogP contribution in [-0.2, 0) is 6.54 Å². The van der Waals surface area contributed by atoms with Crippen molar-refractivity contribution in [1.82, 2.24) is 4.57 Å². The average molecular weight is 179 g/mol. The van der Waals surface area contributed by atoms with Gasteiger partial charge in [0.05, 0.1) is 11.3 Å². The van der Waals surface area contributed by atoms with Crippen molar-refractivity contribution in [2.75, 3.05) is 5.73 Å². The van der Waals surface area contributed by atoms with Gasteiger partial charge in [-0.2, -0.15) is 5.26 Å². The number of nitrogens with zero attached hydrogens (tertiary/aromatic N) is 2. The summed E-state index contributed by atoms with van der Waals surface area (Å²) in [7, 11) is 0. The highest BCUT2D eigenvalue weighted by Crippen LogP contribution is 2.19. The van der Waals surface area contributed by atoms with Crippen LogP contribution in [0.5, 0.6) is 0 Å². The Kier molecular flexibility index (Phi) is 2.24. The molecule has 1 aromatic rings. The number of carboxylic acids is 1. The lowest BCUT2D eigenvalue weighted by atomic mass is 10.3. The van der Waals surface area contributed by atoms with E-state index in [-0.39, 0.29) is 16.9 Å². The summed E-state index contributed by atoms with van der Waals surface area (Å²) in [5, 5.41) is 17.4. The van der Waals surface area contributed by atoms with Gasteiger partial charge < -0.3 is 15.4 Å². The fourth-order valence-electron chi connectivity index (χ4n) is 1.15. The Hall–Kier alpha value is -1.96. The van der Waals surface area contributed by atoms with Crippen LogP contribution in [0.25, 0.3) is 0 Å². The van der Waals surface area contributed by atoms with Crippen LogP contribution >= 0.6 is 0 Å². The number of rotatable bonds is 2. The molecule has 0 aliphatic heterocycles. The minimum atomic E-state index is -1.11. The van der Waals surface area contributed by atoms with E-state index in [0.29, 0.717) is 6.54 Å². The largest absolute Gasteiger partial charge is 0.477 e. The summed E-state index contributed by atoms with van der Waals surface area (Å²) in [5.74, 6) is -1.11. The zero-order chi connectivity index (χ0) is 10.0. The second kappa shape index (κ2) is 3.19. The van der Waals surface area contributed by atoms with E-state index in [2.05, 4.69) is 0 Å². The molecular weight excluding hydrogens is 170 g/mol. The molecule has 0 bridgehead atoms. The average Bonchev–Trinajstić information content (AvgIpc) is 2.41. The number of nitrogens with two attached hydrogens (primary N) is 1. The van der Waals surface area contributed by atoms with Crippen molar-refractivity contribution in [3.05, 3.63) is 17.5 Å². The summed E-state index contributed by atoms with van der Waals surface area (Å²) in [5.41, 5.74) is 5.70. The van der Waals surface area contributed by atoms with Crippen molar-refractivity contribution < 1.29 is 9.90 Å². The van der Waals surface area contributed by atoms with Crippen molar-refractivity contribution in [3.63, 3.8) is 0 Å². The lowest BCUT2D eigenvalue weighted by Gasteiger charge is -2.00. The lowest BCUT2D eigenvalue weighted by molar-refractivity contribution is 0.0686. The first kappa shape index (κ1) is 9.13. The molecule has 0 aliphatic rings. The van der Waals surface area contributed by atoms with Gasteiger partial charge in [-0.05, 0) is 6.92 Å². The molecule has 0 amide bonds. The van der Waals surface area contributed by atoms with Crippen molar-refractivity contribution >= 4 is 11.7 Å². The van der Waals surface area contributed by atoms with E-state index in [1.54, 1.807) is 6.92 Å². The molecule has 0 atom stereocenters. The molecule has 13 heavy (non-hydrogen) atoms. The Morgan fingerprint density at radius 3 is 2.77 bits per heavy atom. The van der Waals surface area contributed by atoms with E-state index in [1.807, 2.05) is 6.07 Å². The first-order chi connectivity index (χ1) is 6.11. The number of nitrogen functional groups attached to an aromatic ring is 1. The quantitative estimate of drug-likeness (QED) is 0.697. The molecule has 3 N–H and O–H groups in total. The van der Waals surface area contributed by atoms with Crippen molar-refractivity contribution in [1.29, 1.82) is 5.26 Å². The Labute approximate surface area is 75.0 Å². The van der Waals surface area contributed by atoms with Gasteiger partial charge in [0.2, 0.25) is 0 Å². The number of aryl methyl sites for hydroxylation is 1. The molecule has 0 unspecified atom stereocenters. The fourth-order valence-corrected chi connectivity index (χ4v) is 1.15. The maximum Gasteiger partial charge on any atom is 0.354 e. The van der Waals surface area contributed by atoms with Crippen LogP contribution in [-0.4, -0.2) is 15.6 Å². The monoisotopic (exact) mass is 179 g/mol. The van der Waals surface area contributed by atoms with Gasteiger partial charge in [-0.3, -0.25) is 0 Å². The normalized spacial score (nSPS) is 9.54. The maximum absolute atomic E-state index is 10.7. The highest BCUT2D eigenvalue weighted by molar-refractivity contribution is 5.93. The molecule has 0 saturated heterocycles. The van der Waals surface area contributed by atoms with Gasteiger partial charge in [-0.1, -0.05) is 0 Å². The highest BCUT2D eigenvalue weighted by Gasteiger charge is 2.17. The topological polar surface area (TPSA) is 92.0 Å². The maximum atomic E-state index is 10.7. The molecule has 1 rings (SSSR count). The van der Waals surface area contributed by atoms with Gasteiger partial charge in [0.15, 0.2) is 5.69 Å². The zero-order valence-electron chi connectivity index (χ0n) is 7.11. The molecule has 0 fully saturated rings. The molecule has 0 saturated carbocycles. The minimum absolute atomic E-state index is 0.0148. The first-order valence-corrected chi connectivity index (χ1v) is 3.73. The Morgan fingerprint density at radius 2 is 2.46 bits per heavy atom. The van der Waals surface area contributed by atoms with Crippen LogP contribution in [0.15, 0.2) is 6.20 Å². The summed E-state index contributed by atoms with van der Waals surface area (Å²) in [6.45, 7) is 2.26. The van der Waals surface area contributed by atoms with E-state index in [4.69, 9.17) is 16.1 Å². The van der Waals surface area contributed by atoms with E-state index < -0.39 is 5.97 Å². The Balaban J connectivity index is 3.39. The van der Waals surface area contributed by atoms with Crippen LogP contribution in [0.4, 0.5) is 5.69 Å². The lowest BCUT2D eigenvalue weighted by Crippen LogP contribution is -2.08. The van der Waals surface area contributed by atoms with E-state index in [9.17, 15) is 4.79 Å². The standard InChI is InChI=1S/C8H9N3O2/c1-2-11-4-5(3-9)6(10)7(11)8(12)13/h4H,2,10H2,1H3,(H,12,13). The van der Waals surface area contributed by atoms with Gasteiger partial charge in [0.1, 0.15) is 6.07 Å². The number of hydrogen-bond donors (Lipinski definition) is 2. The number of hydrogen-bond acceptors (Lipinski definition) is 3. The molecule has 1 heterocycles. The first-order valence-electron chi connectivity index (χ1n) is 3.73. The van der Waals surface area contributed by atoms with Gasteiger partial charge in [-0.25, -0.2) is 4.79 Å². The number of nitriles is 1. The third-order valence-corrected chi connectivity index (χ3v) is 1.78. The number of aromatic nitrogens is 1. The Bertz CT molecular complexity index is 387. The van der Waals surface area contributed by atoms with E-state index >= 15 is 0 Å². The predicted molar refractivity (Wildman–Crippen MR) is 46.2 cm³/mol. The molecule has 1 aromatic heterocycles. The number of anilines is 1. The van der Waals surface area contributed by atoms with Gasteiger partial charge in [0.25, 0.3) is 0 Å². The number of carboxylic acid groups (broad SMARTS) is 1. The Morgan fingerprint density at radius 1 is 1.85 bits per heavy atom. The molecule has 0 aromatic carbocycles. The van der Waals surface area contributed by atoms with Crippen LogP contribution in [0.3, 0.4) is 0 Å². The van der Waals surface area contributed by atoms with Gasteiger partial charge in [-0.15, -0.1) is 0 Å². The van der Waals surface area contributed by atoms with Crippen LogP contribution in [0.2, 0.25) is 0 Å². The molecule has 5 heteroatoms.